The molecule has 2 saturated heterocycles. The Bertz CT molecular complexity index is 558. The molecular formula is C19H32N4O2. The normalized spacial score (nSPS) is 22.2. The highest BCUT2D eigenvalue weighted by molar-refractivity contribution is 5.80. The SMILES string of the molecule is CN=C(NCC(c1ccc(C)o1)N1CCOCC1)N1CCC(C)CC1. The second-order valence-corrected chi connectivity index (χ2v) is 7.21. The number of nitrogens with zero attached hydrogens (tertiary/aromatic N) is 3. The first kappa shape index (κ1) is 18.3. The number of hydrogen-bond donors (Lipinski definition) is 1. The average Bonchev–Trinajstić information content (AvgIpc) is 3.07. The van der Waals surface area contributed by atoms with E-state index in [0.29, 0.717) is 0 Å². The molecule has 0 aliphatic carbocycles. The fourth-order valence-corrected chi connectivity index (χ4v) is 3.67. The van der Waals surface area contributed by atoms with E-state index < -0.39 is 0 Å². The van der Waals surface area contributed by atoms with Crippen LogP contribution < -0.4 is 5.32 Å². The van der Waals surface area contributed by atoms with E-state index in [1.807, 2.05) is 20.0 Å². The first-order chi connectivity index (χ1) is 12.2. The molecule has 25 heavy (non-hydrogen) atoms. The molecule has 2 fully saturated rings. The lowest BCUT2D eigenvalue weighted by Crippen LogP contribution is -2.49. The molecule has 0 spiro atoms. The van der Waals surface area contributed by atoms with Crippen LogP contribution in [-0.2, 0) is 4.74 Å². The van der Waals surface area contributed by atoms with E-state index >= 15 is 0 Å². The van der Waals surface area contributed by atoms with Crippen LogP contribution in [0.1, 0.15) is 37.3 Å². The quantitative estimate of drug-likeness (QED) is 0.668. The molecule has 0 amide bonds. The summed E-state index contributed by atoms with van der Waals surface area (Å²) < 4.78 is 11.5. The zero-order valence-electron chi connectivity index (χ0n) is 15.8. The topological polar surface area (TPSA) is 53.2 Å². The highest BCUT2D eigenvalue weighted by Crippen LogP contribution is 2.23. The molecular weight excluding hydrogens is 316 g/mol. The minimum absolute atomic E-state index is 0.207. The first-order valence-corrected chi connectivity index (χ1v) is 9.51. The largest absolute Gasteiger partial charge is 0.465 e. The number of guanidine groups is 1. The number of piperidine rings is 1. The van der Waals surface area contributed by atoms with Gasteiger partial charge in [-0.05, 0) is 37.8 Å². The standard InChI is InChI=1S/C19H32N4O2/c1-15-6-8-23(9-7-15)19(20-3)21-14-17(18-5-4-16(2)25-18)22-10-12-24-13-11-22/h4-5,15,17H,6-14H2,1-3H3,(H,20,21). The summed E-state index contributed by atoms with van der Waals surface area (Å²) in [7, 11) is 1.88. The van der Waals surface area contributed by atoms with Gasteiger partial charge in [-0.3, -0.25) is 9.89 Å². The van der Waals surface area contributed by atoms with E-state index in [0.717, 1.165) is 69.3 Å². The molecule has 3 rings (SSSR count). The summed E-state index contributed by atoms with van der Waals surface area (Å²) in [6, 6.07) is 4.35. The lowest BCUT2D eigenvalue weighted by Gasteiger charge is -2.36. The van der Waals surface area contributed by atoms with Gasteiger partial charge in [0.05, 0.1) is 19.3 Å². The second kappa shape index (κ2) is 8.72. The van der Waals surface area contributed by atoms with Gasteiger partial charge in [0, 0.05) is 39.8 Å². The zero-order chi connectivity index (χ0) is 17.6. The maximum atomic E-state index is 5.95. The van der Waals surface area contributed by atoms with Crippen molar-refractivity contribution in [3.05, 3.63) is 23.7 Å². The molecule has 1 atom stereocenters. The fraction of sp³-hybridized carbons (Fsp3) is 0.737. The van der Waals surface area contributed by atoms with Crippen LogP contribution >= 0.6 is 0 Å². The van der Waals surface area contributed by atoms with Crippen LogP contribution in [0.4, 0.5) is 0 Å². The molecule has 0 aromatic carbocycles. The van der Waals surface area contributed by atoms with Gasteiger partial charge in [0.2, 0.25) is 0 Å². The van der Waals surface area contributed by atoms with Crippen molar-refractivity contribution in [3.63, 3.8) is 0 Å². The van der Waals surface area contributed by atoms with Crippen LogP contribution in [0.15, 0.2) is 21.5 Å². The molecule has 1 aromatic heterocycles. The number of furan rings is 1. The van der Waals surface area contributed by atoms with Gasteiger partial charge in [0.25, 0.3) is 0 Å². The number of hydrogen-bond acceptors (Lipinski definition) is 4. The van der Waals surface area contributed by atoms with E-state index in [1.54, 1.807) is 0 Å². The van der Waals surface area contributed by atoms with Crippen molar-refractivity contribution in [2.75, 3.05) is 53.0 Å². The number of morpholine rings is 1. The van der Waals surface area contributed by atoms with Gasteiger partial charge >= 0.3 is 0 Å². The molecule has 1 unspecified atom stereocenters. The van der Waals surface area contributed by atoms with Crippen LogP contribution in [0.2, 0.25) is 0 Å². The van der Waals surface area contributed by atoms with Gasteiger partial charge < -0.3 is 19.4 Å². The van der Waals surface area contributed by atoms with Gasteiger partial charge in [0.1, 0.15) is 11.5 Å². The van der Waals surface area contributed by atoms with Gasteiger partial charge in [-0.1, -0.05) is 6.92 Å². The van der Waals surface area contributed by atoms with Gasteiger partial charge in [-0.25, -0.2) is 0 Å². The third kappa shape index (κ3) is 4.76. The van der Waals surface area contributed by atoms with Crippen LogP contribution in [0, 0.1) is 12.8 Å². The molecule has 2 aliphatic heterocycles. The predicted molar refractivity (Wildman–Crippen MR) is 99.9 cm³/mol. The molecule has 2 aliphatic rings. The maximum Gasteiger partial charge on any atom is 0.193 e. The molecule has 1 N–H and O–H groups in total. The van der Waals surface area contributed by atoms with Gasteiger partial charge in [0.15, 0.2) is 5.96 Å². The average molecular weight is 348 g/mol. The number of ether oxygens (including phenoxy) is 1. The van der Waals surface area contributed by atoms with E-state index in [1.165, 1.54) is 12.8 Å². The van der Waals surface area contributed by atoms with E-state index in [4.69, 9.17) is 9.15 Å². The first-order valence-electron chi connectivity index (χ1n) is 9.51. The summed E-state index contributed by atoms with van der Waals surface area (Å²) in [5.74, 6) is 3.81. The molecule has 0 saturated carbocycles. The number of aryl methyl sites for hydroxylation is 1. The highest BCUT2D eigenvalue weighted by Gasteiger charge is 2.26. The Morgan fingerprint density at radius 1 is 1.24 bits per heavy atom. The van der Waals surface area contributed by atoms with Gasteiger partial charge in [-0.15, -0.1) is 0 Å². The van der Waals surface area contributed by atoms with E-state index in [-0.39, 0.29) is 6.04 Å². The Labute approximate surface area is 151 Å². The third-order valence-corrected chi connectivity index (χ3v) is 5.32. The van der Waals surface area contributed by atoms with E-state index in [9.17, 15) is 0 Å². The Morgan fingerprint density at radius 2 is 1.96 bits per heavy atom. The second-order valence-electron chi connectivity index (χ2n) is 7.21. The third-order valence-electron chi connectivity index (χ3n) is 5.32. The summed E-state index contributed by atoms with van der Waals surface area (Å²) in [5, 5.41) is 3.59. The number of aliphatic imine (C=N–C) groups is 1. The summed E-state index contributed by atoms with van der Waals surface area (Å²) in [6.45, 7) is 10.8. The molecule has 1 aromatic rings. The predicted octanol–water partition coefficient (Wildman–Crippen LogP) is 2.27. The number of likely N-dealkylation sites (tertiary alicyclic amines) is 1. The summed E-state index contributed by atoms with van der Waals surface area (Å²) in [6.07, 6.45) is 2.48. The number of rotatable bonds is 4. The van der Waals surface area contributed by atoms with Gasteiger partial charge in [-0.2, -0.15) is 0 Å². The van der Waals surface area contributed by atoms with Crippen molar-refractivity contribution in [1.29, 1.82) is 0 Å². The Hall–Kier alpha value is -1.53. The van der Waals surface area contributed by atoms with Crippen LogP contribution in [0.25, 0.3) is 0 Å². The minimum Gasteiger partial charge on any atom is -0.465 e. The molecule has 3 heterocycles. The van der Waals surface area contributed by atoms with Crippen LogP contribution in [0.3, 0.4) is 0 Å². The van der Waals surface area contributed by atoms with Crippen molar-refractivity contribution in [1.82, 2.24) is 15.1 Å². The molecule has 6 nitrogen and oxygen atoms in total. The Kier molecular flexibility index (Phi) is 6.37. The number of nitrogens with one attached hydrogen (secondary N) is 1. The lowest BCUT2D eigenvalue weighted by atomic mass is 9.99. The maximum absolute atomic E-state index is 5.95. The van der Waals surface area contributed by atoms with Crippen molar-refractivity contribution >= 4 is 5.96 Å². The van der Waals surface area contributed by atoms with Crippen molar-refractivity contribution < 1.29 is 9.15 Å². The molecule has 0 bridgehead atoms. The summed E-state index contributed by atoms with van der Waals surface area (Å²) in [4.78, 5) is 9.33. The highest BCUT2D eigenvalue weighted by atomic mass is 16.5. The van der Waals surface area contributed by atoms with Crippen LogP contribution in [0.5, 0.6) is 0 Å². The summed E-state index contributed by atoms with van der Waals surface area (Å²) >= 11 is 0. The van der Waals surface area contributed by atoms with Crippen molar-refractivity contribution in [3.8, 4) is 0 Å². The van der Waals surface area contributed by atoms with Crippen molar-refractivity contribution in [2.24, 2.45) is 10.9 Å². The zero-order valence-corrected chi connectivity index (χ0v) is 15.8. The Balaban J connectivity index is 1.65. The Morgan fingerprint density at radius 3 is 2.56 bits per heavy atom. The van der Waals surface area contributed by atoms with Crippen molar-refractivity contribution in [2.45, 2.75) is 32.7 Å². The monoisotopic (exact) mass is 348 g/mol. The minimum atomic E-state index is 0.207. The smallest absolute Gasteiger partial charge is 0.193 e. The molecule has 140 valence electrons. The molecule has 6 heteroatoms. The fourth-order valence-electron chi connectivity index (χ4n) is 3.67. The summed E-state index contributed by atoms with van der Waals surface area (Å²) in [5.41, 5.74) is 0. The lowest BCUT2D eigenvalue weighted by molar-refractivity contribution is 0.0123. The molecule has 0 radical (unpaired) electrons. The van der Waals surface area contributed by atoms with E-state index in [2.05, 4.69) is 33.1 Å². The van der Waals surface area contributed by atoms with Crippen LogP contribution in [-0.4, -0.2) is 68.7 Å².